The Morgan fingerprint density at radius 3 is 2.40 bits per heavy atom. The first-order valence-corrected chi connectivity index (χ1v) is 9.89. The molecule has 1 aliphatic carbocycles. The van der Waals surface area contributed by atoms with Crippen LogP contribution in [0.5, 0.6) is 5.75 Å². The lowest BCUT2D eigenvalue weighted by atomic mass is 9.97. The minimum Gasteiger partial charge on any atom is -0.480 e. The minimum absolute atomic E-state index is 0.405. The summed E-state index contributed by atoms with van der Waals surface area (Å²) in [6.07, 6.45) is 4.68. The fourth-order valence-electron chi connectivity index (χ4n) is 3.44. The first-order valence-electron chi connectivity index (χ1n) is 8.57. The minimum atomic E-state index is -2.21. The van der Waals surface area contributed by atoms with E-state index in [2.05, 4.69) is 0 Å². The van der Waals surface area contributed by atoms with Crippen LogP contribution in [0.3, 0.4) is 0 Å². The first-order chi connectivity index (χ1) is 11.9. The highest BCUT2D eigenvalue weighted by Gasteiger charge is 2.42. The SMILES string of the molecule is CC(=O)O[Si](OC(C)=O)c1ccc2c(c1)COC(C)(C1CCCC1)O2. The van der Waals surface area contributed by atoms with Crippen LogP contribution in [0.25, 0.3) is 0 Å². The zero-order valence-electron chi connectivity index (χ0n) is 14.8. The van der Waals surface area contributed by atoms with Gasteiger partial charge >= 0.3 is 9.28 Å². The Bertz CT molecular complexity index is 654. The van der Waals surface area contributed by atoms with E-state index in [-0.39, 0.29) is 0 Å². The molecule has 0 aromatic heterocycles. The Morgan fingerprint density at radius 2 is 1.80 bits per heavy atom. The van der Waals surface area contributed by atoms with Crippen LogP contribution < -0.4 is 9.92 Å². The first kappa shape index (κ1) is 17.9. The Kier molecular flexibility index (Phi) is 5.15. The number of rotatable bonds is 4. The van der Waals surface area contributed by atoms with Crippen LogP contribution in [0.2, 0.25) is 0 Å². The molecule has 7 heteroatoms. The molecule has 1 aliphatic heterocycles. The zero-order chi connectivity index (χ0) is 18.0. The predicted octanol–water partition coefficient (Wildman–Crippen LogP) is 2.32. The molecular formula is C18H23O6Si. The summed E-state index contributed by atoms with van der Waals surface area (Å²) in [5.74, 6) is -0.369. The van der Waals surface area contributed by atoms with Crippen LogP contribution in [-0.2, 0) is 29.8 Å². The van der Waals surface area contributed by atoms with Crippen LogP contribution in [-0.4, -0.2) is 27.0 Å². The molecule has 1 fully saturated rings. The lowest BCUT2D eigenvalue weighted by Crippen LogP contribution is -2.46. The van der Waals surface area contributed by atoms with Crippen molar-refractivity contribution in [2.45, 2.75) is 58.8 Å². The van der Waals surface area contributed by atoms with Gasteiger partial charge in [-0.05, 0) is 25.0 Å². The molecule has 1 aromatic carbocycles. The summed E-state index contributed by atoms with van der Waals surface area (Å²) >= 11 is 0. The molecule has 135 valence electrons. The molecule has 1 aromatic rings. The number of hydrogen-bond donors (Lipinski definition) is 0. The number of fused-ring (bicyclic) bond motifs is 1. The van der Waals surface area contributed by atoms with Gasteiger partial charge in [-0.25, -0.2) is 0 Å². The second-order valence-electron chi connectivity index (χ2n) is 6.69. The standard InChI is InChI=1S/C18H23O6Si/c1-12(19)23-25(24-13(2)20)16-8-9-17-14(10-16)11-21-18(3,22-17)15-6-4-5-7-15/h8-10,15H,4-7,11H2,1-3H3. The molecule has 0 bridgehead atoms. The van der Waals surface area contributed by atoms with Gasteiger partial charge in [0.2, 0.25) is 5.79 Å². The quantitative estimate of drug-likeness (QED) is 0.765. The molecule has 1 saturated carbocycles. The van der Waals surface area contributed by atoms with Crippen molar-refractivity contribution in [3.63, 3.8) is 0 Å². The number of ether oxygens (including phenoxy) is 2. The monoisotopic (exact) mass is 363 g/mol. The van der Waals surface area contributed by atoms with Gasteiger partial charge in [-0.15, -0.1) is 0 Å². The maximum atomic E-state index is 11.3. The topological polar surface area (TPSA) is 71.1 Å². The van der Waals surface area contributed by atoms with E-state index in [0.717, 1.165) is 24.2 Å². The van der Waals surface area contributed by atoms with E-state index < -0.39 is 27.0 Å². The van der Waals surface area contributed by atoms with E-state index in [1.165, 1.54) is 26.7 Å². The number of hydrogen-bond acceptors (Lipinski definition) is 6. The molecule has 0 saturated heterocycles. The summed E-state index contributed by atoms with van der Waals surface area (Å²) < 4.78 is 22.6. The van der Waals surface area contributed by atoms with Gasteiger partial charge in [0.25, 0.3) is 11.9 Å². The van der Waals surface area contributed by atoms with Gasteiger partial charge in [0.1, 0.15) is 5.75 Å². The number of carbonyl (C=O) groups is 2. The fourth-order valence-corrected chi connectivity index (χ4v) is 4.75. The molecular weight excluding hydrogens is 340 g/mol. The third-order valence-corrected chi connectivity index (χ3v) is 6.42. The largest absolute Gasteiger partial charge is 0.576 e. The van der Waals surface area contributed by atoms with Gasteiger partial charge in [0.15, 0.2) is 0 Å². The Hall–Kier alpha value is -1.86. The second-order valence-corrected chi connectivity index (χ2v) is 8.25. The van der Waals surface area contributed by atoms with Gasteiger partial charge < -0.3 is 18.3 Å². The van der Waals surface area contributed by atoms with Crippen LogP contribution in [0, 0.1) is 5.92 Å². The van der Waals surface area contributed by atoms with Crippen molar-refractivity contribution in [2.24, 2.45) is 5.92 Å². The van der Waals surface area contributed by atoms with E-state index in [1.54, 1.807) is 6.07 Å². The van der Waals surface area contributed by atoms with Crippen molar-refractivity contribution in [1.82, 2.24) is 0 Å². The summed E-state index contributed by atoms with van der Waals surface area (Å²) in [6.45, 7) is 5.02. The normalized spacial score (nSPS) is 23.0. The van der Waals surface area contributed by atoms with Crippen molar-refractivity contribution in [1.29, 1.82) is 0 Å². The maximum Gasteiger partial charge on any atom is 0.576 e. The summed E-state index contributed by atoms with van der Waals surface area (Å²) in [5, 5.41) is 0.672. The van der Waals surface area contributed by atoms with Gasteiger partial charge in [-0.2, -0.15) is 0 Å². The molecule has 0 N–H and O–H groups in total. The van der Waals surface area contributed by atoms with Crippen molar-refractivity contribution < 1.29 is 27.9 Å². The van der Waals surface area contributed by atoms with E-state index in [1.807, 2.05) is 19.1 Å². The van der Waals surface area contributed by atoms with Gasteiger partial charge in [0.05, 0.1) is 6.61 Å². The lowest BCUT2D eigenvalue weighted by molar-refractivity contribution is -0.224. The third-order valence-electron chi connectivity index (χ3n) is 4.69. The molecule has 2 aliphatic rings. The summed E-state index contributed by atoms with van der Waals surface area (Å²) in [5.41, 5.74) is 0.870. The Labute approximate surface area is 149 Å². The summed E-state index contributed by atoms with van der Waals surface area (Å²) in [6, 6.07) is 5.47. The van der Waals surface area contributed by atoms with Crippen molar-refractivity contribution >= 4 is 26.4 Å². The average molecular weight is 363 g/mol. The number of benzene rings is 1. The molecule has 3 rings (SSSR count). The highest BCUT2D eigenvalue weighted by atomic mass is 28.3. The van der Waals surface area contributed by atoms with Gasteiger partial charge in [-0.3, -0.25) is 9.59 Å². The van der Waals surface area contributed by atoms with Crippen LogP contribution >= 0.6 is 0 Å². The summed E-state index contributed by atoms with van der Waals surface area (Å²) in [7, 11) is -2.21. The molecule has 1 radical (unpaired) electrons. The average Bonchev–Trinajstić information content (AvgIpc) is 3.08. The van der Waals surface area contributed by atoms with E-state index in [4.69, 9.17) is 18.3 Å². The highest BCUT2D eigenvalue weighted by Crippen LogP contribution is 2.41. The smallest absolute Gasteiger partial charge is 0.480 e. The zero-order valence-corrected chi connectivity index (χ0v) is 15.8. The van der Waals surface area contributed by atoms with E-state index in [9.17, 15) is 9.59 Å². The molecule has 0 spiro atoms. The molecule has 0 amide bonds. The van der Waals surface area contributed by atoms with Crippen LogP contribution in [0.4, 0.5) is 0 Å². The van der Waals surface area contributed by atoms with Crippen molar-refractivity contribution in [3.05, 3.63) is 23.8 Å². The fraction of sp³-hybridized carbons (Fsp3) is 0.556. The molecule has 1 unspecified atom stereocenters. The van der Waals surface area contributed by atoms with Gasteiger partial charge in [0, 0.05) is 37.4 Å². The van der Waals surface area contributed by atoms with E-state index >= 15 is 0 Å². The molecule has 25 heavy (non-hydrogen) atoms. The highest BCUT2D eigenvalue weighted by molar-refractivity contribution is 6.64. The predicted molar refractivity (Wildman–Crippen MR) is 91.1 cm³/mol. The lowest BCUT2D eigenvalue weighted by Gasteiger charge is -2.40. The third kappa shape index (κ3) is 4.04. The van der Waals surface area contributed by atoms with Crippen molar-refractivity contribution in [2.75, 3.05) is 0 Å². The van der Waals surface area contributed by atoms with Crippen LogP contribution in [0.15, 0.2) is 18.2 Å². The molecule has 1 heterocycles. The number of carbonyl (C=O) groups excluding carboxylic acids is 2. The molecule has 1 atom stereocenters. The Morgan fingerprint density at radius 1 is 1.16 bits per heavy atom. The Balaban J connectivity index is 1.80. The van der Waals surface area contributed by atoms with Crippen molar-refractivity contribution in [3.8, 4) is 5.75 Å². The summed E-state index contributed by atoms with van der Waals surface area (Å²) in [4.78, 5) is 22.6. The van der Waals surface area contributed by atoms with Gasteiger partial charge in [-0.1, -0.05) is 18.9 Å². The van der Waals surface area contributed by atoms with Crippen LogP contribution in [0.1, 0.15) is 52.0 Å². The van der Waals surface area contributed by atoms with E-state index in [0.29, 0.717) is 17.7 Å². The maximum absolute atomic E-state index is 11.3. The molecule has 6 nitrogen and oxygen atoms in total. The second kappa shape index (κ2) is 7.17.